The van der Waals surface area contributed by atoms with E-state index in [0.29, 0.717) is 29.3 Å². The van der Waals surface area contributed by atoms with Gasteiger partial charge in [0.2, 0.25) is 5.82 Å². The van der Waals surface area contributed by atoms with Crippen LogP contribution in [0.15, 0.2) is 36.4 Å². The summed E-state index contributed by atoms with van der Waals surface area (Å²) in [5.41, 5.74) is 1.18. The third-order valence-corrected chi connectivity index (χ3v) is 3.67. The van der Waals surface area contributed by atoms with Gasteiger partial charge in [-0.2, -0.15) is 13.2 Å². The third kappa shape index (κ3) is 2.49. The molecule has 1 aliphatic rings. The Kier molecular flexibility index (Phi) is 3.47. The Hall–Kier alpha value is -2.24. The van der Waals surface area contributed by atoms with Crippen LogP contribution in [0.3, 0.4) is 0 Å². The van der Waals surface area contributed by atoms with Crippen molar-refractivity contribution in [3.63, 3.8) is 0 Å². The average molecular weight is 308 g/mol. The molecule has 1 aromatic carbocycles. The molecule has 22 heavy (non-hydrogen) atoms. The van der Waals surface area contributed by atoms with Gasteiger partial charge in [-0.3, -0.25) is 4.57 Å². The molecule has 0 bridgehead atoms. The van der Waals surface area contributed by atoms with Crippen molar-refractivity contribution in [1.82, 2.24) is 9.55 Å². The zero-order valence-corrected chi connectivity index (χ0v) is 12.2. The minimum absolute atomic E-state index is 0.264. The van der Waals surface area contributed by atoms with Crippen molar-refractivity contribution in [2.75, 3.05) is 7.11 Å². The molecular formula is C16H15F3N2O. The van der Waals surface area contributed by atoms with E-state index in [0.717, 1.165) is 4.57 Å². The summed E-state index contributed by atoms with van der Waals surface area (Å²) in [6.45, 7) is 2.02. The highest BCUT2D eigenvalue weighted by Gasteiger charge is 2.38. The molecule has 0 spiro atoms. The second-order valence-corrected chi connectivity index (χ2v) is 5.32. The van der Waals surface area contributed by atoms with Gasteiger partial charge in [0.25, 0.3) is 0 Å². The van der Waals surface area contributed by atoms with Crippen LogP contribution in [0, 0.1) is 5.92 Å². The molecule has 0 aliphatic heterocycles. The number of ether oxygens (including phenoxy) is 1. The Labute approximate surface area is 125 Å². The quantitative estimate of drug-likeness (QED) is 0.816. The Balaban J connectivity index is 2.24. The molecule has 0 N–H and O–H groups in total. The minimum atomic E-state index is -4.52. The van der Waals surface area contributed by atoms with E-state index in [2.05, 4.69) is 4.98 Å². The zero-order chi connectivity index (χ0) is 15.9. The van der Waals surface area contributed by atoms with Crippen LogP contribution >= 0.6 is 0 Å². The standard InChI is InChI=1S/C16H15F3N2O/c1-10-3-5-11(6-4-10)21-14-8-7-12(22-2)9-13(14)20-15(21)16(17,18)19/h3,5-10H,4H2,1-2H3. The normalized spacial score (nSPS) is 18.6. The van der Waals surface area contributed by atoms with E-state index in [1.165, 1.54) is 13.2 Å². The number of alkyl halides is 3. The van der Waals surface area contributed by atoms with Crippen LogP contribution in [-0.2, 0) is 6.18 Å². The topological polar surface area (TPSA) is 27.1 Å². The van der Waals surface area contributed by atoms with Gasteiger partial charge in [-0.15, -0.1) is 0 Å². The van der Waals surface area contributed by atoms with Gasteiger partial charge in [-0.25, -0.2) is 4.98 Å². The second-order valence-electron chi connectivity index (χ2n) is 5.32. The van der Waals surface area contributed by atoms with E-state index in [4.69, 9.17) is 4.74 Å². The van der Waals surface area contributed by atoms with Crippen molar-refractivity contribution in [3.8, 4) is 5.75 Å². The minimum Gasteiger partial charge on any atom is -0.497 e. The SMILES string of the molecule is COc1ccc2c(c1)nc(C(F)(F)F)n2C1=CCC(C)C=C1. The molecule has 1 atom stereocenters. The number of benzene rings is 1. The lowest BCUT2D eigenvalue weighted by Gasteiger charge is -2.16. The first kappa shape index (κ1) is 14.7. The van der Waals surface area contributed by atoms with Gasteiger partial charge in [-0.1, -0.05) is 19.1 Å². The smallest absolute Gasteiger partial charge is 0.450 e. The van der Waals surface area contributed by atoms with E-state index < -0.39 is 12.0 Å². The summed E-state index contributed by atoms with van der Waals surface area (Å²) in [5.74, 6) is -0.109. The number of aromatic nitrogens is 2. The maximum Gasteiger partial charge on any atom is 0.450 e. The summed E-state index contributed by atoms with van der Waals surface area (Å²) < 4.78 is 46.2. The number of allylic oxidation sites excluding steroid dienone is 4. The van der Waals surface area contributed by atoms with Crippen molar-refractivity contribution in [1.29, 1.82) is 0 Å². The van der Waals surface area contributed by atoms with Gasteiger partial charge < -0.3 is 4.74 Å². The molecule has 0 radical (unpaired) electrons. The van der Waals surface area contributed by atoms with Crippen LogP contribution < -0.4 is 4.74 Å². The number of methoxy groups -OCH3 is 1. The molecule has 0 amide bonds. The lowest BCUT2D eigenvalue weighted by Crippen LogP contribution is -2.15. The molecule has 1 aromatic heterocycles. The summed E-state index contributed by atoms with van der Waals surface area (Å²) in [4.78, 5) is 3.77. The molecule has 1 aliphatic carbocycles. The van der Waals surface area contributed by atoms with E-state index in [1.54, 1.807) is 18.2 Å². The Morgan fingerprint density at radius 1 is 1.32 bits per heavy atom. The predicted molar refractivity (Wildman–Crippen MR) is 78.5 cm³/mol. The van der Waals surface area contributed by atoms with Crippen LogP contribution in [0.4, 0.5) is 13.2 Å². The van der Waals surface area contributed by atoms with E-state index in [9.17, 15) is 13.2 Å². The number of hydrogen-bond donors (Lipinski definition) is 0. The van der Waals surface area contributed by atoms with E-state index >= 15 is 0 Å². The molecule has 0 saturated carbocycles. The summed E-state index contributed by atoms with van der Waals surface area (Å²) >= 11 is 0. The molecule has 3 nitrogen and oxygen atoms in total. The number of imidazole rings is 1. The van der Waals surface area contributed by atoms with E-state index in [-0.39, 0.29) is 5.52 Å². The molecule has 6 heteroatoms. The summed E-state index contributed by atoms with van der Waals surface area (Å²) in [6, 6.07) is 4.75. The second kappa shape index (κ2) is 5.19. The van der Waals surface area contributed by atoms with Gasteiger partial charge >= 0.3 is 6.18 Å². The molecule has 116 valence electrons. The van der Waals surface area contributed by atoms with Crippen molar-refractivity contribution < 1.29 is 17.9 Å². The van der Waals surface area contributed by atoms with Gasteiger partial charge in [0, 0.05) is 11.8 Å². The highest BCUT2D eigenvalue weighted by molar-refractivity contribution is 5.83. The largest absolute Gasteiger partial charge is 0.497 e. The predicted octanol–water partition coefficient (Wildman–Crippen LogP) is 4.50. The summed E-state index contributed by atoms with van der Waals surface area (Å²) in [7, 11) is 1.47. The third-order valence-electron chi connectivity index (χ3n) is 3.67. The van der Waals surface area contributed by atoms with Gasteiger partial charge in [0.05, 0.1) is 18.1 Å². The fourth-order valence-electron chi connectivity index (χ4n) is 2.52. The zero-order valence-electron chi connectivity index (χ0n) is 12.2. The van der Waals surface area contributed by atoms with Gasteiger partial charge in [0.15, 0.2) is 0 Å². The van der Waals surface area contributed by atoms with E-state index in [1.807, 2.05) is 19.1 Å². The molecule has 1 heterocycles. The Morgan fingerprint density at radius 3 is 2.68 bits per heavy atom. The molecular weight excluding hydrogens is 293 g/mol. The highest BCUT2D eigenvalue weighted by atomic mass is 19.4. The van der Waals surface area contributed by atoms with Crippen molar-refractivity contribution in [2.45, 2.75) is 19.5 Å². The monoisotopic (exact) mass is 308 g/mol. The molecule has 1 unspecified atom stereocenters. The first-order valence-corrected chi connectivity index (χ1v) is 6.92. The lowest BCUT2D eigenvalue weighted by atomic mass is 10.0. The fourth-order valence-corrected chi connectivity index (χ4v) is 2.52. The maximum absolute atomic E-state index is 13.3. The average Bonchev–Trinajstić information content (AvgIpc) is 2.86. The van der Waals surface area contributed by atoms with Crippen LogP contribution in [-0.4, -0.2) is 16.7 Å². The highest BCUT2D eigenvalue weighted by Crippen LogP contribution is 2.36. The number of halogens is 3. The van der Waals surface area contributed by atoms with Crippen LogP contribution in [0.25, 0.3) is 16.7 Å². The molecule has 2 aromatic rings. The van der Waals surface area contributed by atoms with Crippen molar-refractivity contribution >= 4 is 16.7 Å². The van der Waals surface area contributed by atoms with Gasteiger partial charge in [0.1, 0.15) is 5.75 Å². The first-order chi connectivity index (χ1) is 10.4. The molecule has 0 saturated heterocycles. The molecule has 0 fully saturated rings. The summed E-state index contributed by atoms with van der Waals surface area (Å²) in [5, 5.41) is 0. The van der Waals surface area contributed by atoms with Crippen LogP contribution in [0.5, 0.6) is 5.75 Å². The lowest BCUT2D eigenvalue weighted by molar-refractivity contribution is -0.145. The first-order valence-electron chi connectivity index (χ1n) is 6.92. The van der Waals surface area contributed by atoms with Crippen molar-refractivity contribution in [3.05, 3.63) is 42.3 Å². The Bertz CT molecular complexity index is 772. The van der Waals surface area contributed by atoms with Crippen LogP contribution in [0.1, 0.15) is 19.2 Å². The van der Waals surface area contributed by atoms with Crippen molar-refractivity contribution in [2.24, 2.45) is 5.92 Å². The van der Waals surface area contributed by atoms with Crippen LogP contribution in [0.2, 0.25) is 0 Å². The molecule has 3 rings (SSSR count). The number of hydrogen-bond acceptors (Lipinski definition) is 2. The number of fused-ring (bicyclic) bond motifs is 1. The fraction of sp³-hybridized carbons (Fsp3) is 0.312. The Morgan fingerprint density at radius 2 is 2.09 bits per heavy atom. The number of nitrogens with zero attached hydrogens (tertiary/aromatic N) is 2. The number of rotatable bonds is 2. The summed E-state index contributed by atoms with van der Waals surface area (Å²) in [6.07, 6.45) is 1.62. The maximum atomic E-state index is 13.3. The van der Waals surface area contributed by atoms with Gasteiger partial charge in [-0.05, 0) is 30.5 Å².